The van der Waals surface area contributed by atoms with Gasteiger partial charge >= 0.3 is 6.03 Å². The van der Waals surface area contributed by atoms with Crippen LogP contribution in [-0.2, 0) is 6.54 Å². The lowest BCUT2D eigenvalue weighted by molar-refractivity contribution is 0.194. The number of nitrogens with zero attached hydrogens (tertiary/aromatic N) is 4. The molecule has 0 radical (unpaired) electrons. The van der Waals surface area contributed by atoms with E-state index in [9.17, 15) is 4.79 Å². The van der Waals surface area contributed by atoms with E-state index in [1.807, 2.05) is 71.3 Å². The van der Waals surface area contributed by atoms with Crippen molar-refractivity contribution in [1.82, 2.24) is 19.2 Å². The molecule has 0 unspecified atom stereocenters. The van der Waals surface area contributed by atoms with E-state index in [4.69, 9.17) is 5.10 Å². The average molecular weight is 520 g/mol. The van der Waals surface area contributed by atoms with Gasteiger partial charge in [0.2, 0.25) is 0 Å². The highest BCUT2D eigenvalue weighted by Gasteiger charge is 2.36. The second kappa shape index (κ2) is 9.91. The number of thioether (sulfide) groups is 1. The quantitative estimate of drug-likeness (QED) is 0.257. The standard InChI is InChI=1S/C31H29N5OS/c1-21-10-7-11-23(18-21)29-28-16-9-17-34(28)30-27(22(2)33-36(30)25-13-5-4-6-14-25)20-35(29)31(37)32-24-12-8-15-26(19-24)38-3/h4-19,29H,20H2,1-3H3,(H,32,37)/t29-/m1/s1. The first-order chi connectivity index (χ1) is 18.5. The van der Waals surface area contributed by atoms with Crippen LogP contribution >= 0.6 is 11.8 Å². The van der Waals surface area contributed by atoms with Crippen LogP contribution in [0.2, 0.25) is 0 Å². The van der Waals surface area contributed by atoms with E-state index in [1.54, 1.807) is 11.8 Å². The monoisotopic (exact) mass is 519 g/mol. The van der Waals surface area contributed by atoms with Gasteiger partial charge in [0, 0.05) is 22.3 Å². The molecule has 3 aromatic carbocycles. The minimum Gasteiger partial charge on any atom is -0.308 e. The van der Waals surface area contributed by atoms with Crippen LogP contribution < -0.4 is 5.32 Å². The number of rotatable bonds is 4. The van der Waals surface area contributed by atoms with Crippen molar-refractivity contribution in [2.24, 2.45) is 0 Å². The fraction of sp³-hybridized carbons (Fsp3) is 0.161. The lowest BCUT2D eigenvalue weighted by atomic mass is 10.00. The van der Waals surface area contributed by atoms with Crippen LogP contribution in [0.5, 0.6) is 0 Å². The summed E-state index contributed by atoms with van der Waals surface area (Å²) in [5, 5.41) is 8.11. The second-order valence-electron chi connectivity index (χ2n) is 9.54. The lowest BCUT2D eigenvalue weighted by Crippen LogP contribution is -2.38. The average Bonchev–Trinajstić information content (AvgIpc) is 3.49. The van der Waals surface area contributed by atoms with Gasteiger partial charge in [0.05, 0.1) is 29.7 Å². The maximum Gasteiger partial charge on any atom is 0.322 e. The van der Waals surface area contributed by atoms with Gasteiger partial charge in [0.15, 0.2) is 0 Å². The maximum absolute atomic E-state index is 14.1. The van der Waals surface area contributed by atoms with Crippen molar-refractivity contribution in [3.63, 3.8) is 0 Å². The third-order valence-corrected chi connectivity index (χ3v) is 7.75. The van der Waals surface area contributed by atoms with Crippen molar-refractivity contribution >= 4 is 23.5 Å². The minimum absolute atomic E-state index is 0.151. The summed E-state index contributed by atoms with van der Waals surface area (Å²) < 4.78 is 4.18. The first-order valence-corrected chi connectivity index (χ1v) is 13.9. The molecule has 0 spiro atoms. The number of para-hydroxylation sites is 1. The Morgan fingerprint density at radius 2 is 1.76 bits per heavy atom. The molecule has 3 heterocycles. The predicted octanol–water partition coefficient (Wildman–Crippen LogP) is 7.14. The van der Waals surface area contributed by atoms with Crippen molar-refractivity contribution in [1.29, 1.82) is 0 Å². The van der Waals surface area contributed by atoms with Gasteiger partial charge < -0.3 is 14.8 Å². The van der Waals surface area contributed by atoms with Gasteiger partial charge in [-0.05, 0) is 68.1 Å². The molecule has 0 saturated heterocycles. The van der Waals surface area contributed by atoms with Crippen molar-refractivity contribution in [3.8, 4) is 11.5 Å². The van der Waals surface area contributed by atoms with Crippen LogP contribution in [0.4, 0.5) is 10.5 Å². The van der Waals surface area contributed by atoms with Crippen LogP contribution in [0, 0.1) is 13.8 Å². The minimum atomic E-state index is -0.287. The number of urea groups is 1. The van der Waals surface area contributed by atoms with E-state index in [1.165, 1.54) is 0 Å². The molecular formula is C31H29N5OS. The molecule has 2 aromatic heterocycles. The Balaban J connectivity index is 1.52. The summed E-state index contributed by atoms with van der Waals surface area (Å²) in [5.74, 6) is 0.964. The molecule has 2 amide bonds. The van der Waals surface area contributed by atoms with Crippen molar-refractivity contribution in [2.75, 3.05) is 11.6 Å². The van der Waals surface area contributed by atoms with Gasteiger partial charge in [-0.1, -0.05) is 54.1 Å². The van der Waals surface area contributed by atoms with Crippen LogP contribution in [-0.4, -0.2) is 31.5 Å². The number of fused-ring (bicyclic) bond motifs is 3. The largest absolute Gasteiger partial charge is 0.322 e. The SMILES string of the molecule is CSc1cccc(NC(=O)N2Cc3c(C)nn(-c4ccccc4)c3-n3cccc3[C@H]2c2cccc(C)c2)c1. The third-order valence-electron chi connectivity index (χ3n) is 7.03. The van der Waals surface area contributed by atoms with Crippen LogP contribution in [0.15, 0.2) is 102 Å². The summed E-state index contributed by atoms with van der Waals surface area (Å²) in [6.07, 6.45) is 4.10. The maximum atomic E-state index is 14.1. The first-order valence-electron chi connectivity index (χ1n) is 12.6. The first kappa shape index (κ1) is 24.1. The van der Waals surface area contributed by atoms with Crippen LogP contribution in [0.25, 0.3) is 11.5 Å². The van der Waals surface area contributed by atoms with Crippen molar-refractivity contribution in [2.45, 2.75) is 31.3 Å². The van der Waals surface area contributed by atoms with E-state index in [-0.39, 0.29) is 12.1 Å². The van der Waals surface area contributed by atoms with Gasteiger partial charge in [-0.15, -0.1) is 11.8 Å². The van der Waals surface area contributed by atoms with E-state index in [0.717, 1.165) is 50.2 Å². The highest BCUT2D eigenvalue weighted by atomic mass is 32.2. The molecule has 1 aliphatic rings. The van der Waals surface area contributed by atoms with Gasteiger partial charge in [-0.25, -0.2) is 9.48 Å². The van der Waals surface area contributed by atoms with E-state index >= 15 is 0 Å². The Morgan fingerprint density at radius 1 is 0.947 bits per heavy atom. The molecule has 7 heteroatoms. The molecule has 1 N–H and O–H groups in total. The van der Waals surface area contributed by atoms with Gasteiger partial charge in [0.25, 0.3) is 0 Å². The zero-order valence-corrected chi connectivity index (χ0v) is 22.4. The molecule has 190 valence electrons. The van der Waals surface area contributed by atoms with Gasteiger partial charge in [0.1, 0.15) is 5.82 Å². The van der Waals surface area contributed by atoms with E-state index < -0.39 is 0 Å². The summed E-state index contributed by atoms with van der Waals surface area (Å²) in [7, 11) is 0. The van der Waals surface area contributed by atoms with Crippen molar-refractivity contribution < 1.29 is 4.79 Å². The summed E-state index contributed by atoms with van der Waals surface area (Å²) in [4.78, 5) is 17.1. The van der Waals surface area contributed by atoms with Gasteiger partial charge in [-0.3, -0.25) is 0 Å². The van der Waals surface area contributed by atoms with Crippen molar-refractivity contribution in [3.05, 3.63) is 125 Å². The number of carbonyl (C=O) groups is 1. The van der Waals surface area contributed by atoms with E-state index in [0.29, 0.717) is 6.54 Å². The summed E-state index contributed by atoms with van der Waals surface area (Å²) in [6, 6.07) is 30.3. The molecule has 6 nitrogen and oxygen atoms in total. The number of aromatic nitrogens is 3. The molecule has 0 fully saturated rings. The smallest absolute Gasteiger partial charge is 0.308 e. The molecule has 1 atom stereocenters. The predicted molar refractivity (Wildman–Crippen MR) is 153 cm³/mol. The number of hydrogen-bond donors (Lipinski definition) is 1. The Bertz CT molecular complexity index is 1620. The number of anilines is 1. The third kappa shape index (κ3) is 4.29. The number of carbonyl (C=O) groups excluding carboxylic acids is 1. The zero-order chi connectivity index (χ0) is 26.2. The topological polar surface area (TPSA) is 55.1 Å². The van der Waals surface area contributed by atoms with E-state index in [2.05, 4.69) is 65.5 Å². The Kier molecular flexibility index (Phi) is 6.29. The summed E-state index contributed by atoms with van der Waals surface area (Å²) in [6.45, 7) is 4.53. The summed E-state index contributed by atoms with van der Waals surface area (Å²) >= 11 is 1.65. The number of nitrogens with one attached hydrogen (secondary N) is 1. The number of hydrogen-bond acceptors (Lipinski definition) is 3. The second-order valence-corrected chi connectivity index (χ2v) is 10.4. The molecule has 0 bridgehead atoms. The molecule has 6 rings (SSSR count). The molecule has 0 saturated carbocycles. The van der Waals surface area contributed by atoms with Crippen LogP contribution in [0.1, 0.15) is 34.1 Å². The number of benzene rings is 3. The Labute approximate surface area is 226 Å². The Hall–Kier alpha value is -4.23. The van der Waals surface area contributed by atoms with Gasteiger partial charge in [-0.2, -0.15) is 5.10 Å². The highest BCUT2D eigenvalue weighted by molar-refractivity contribution is 7.98. The molecule has 5 aromatic rings. The zero-order valence-electron chi connectivity index (χ0n) is 21.6. The molecular weight excluding hydrogens is 490 g/mol. The summed E-state index contributed by atoms with van der Waals surface area (Å²) in [5.41, 5.74) is 6.92. The lowest BCUT2D eigenvalue weighted by Gasteiger charge is -2.31. The van der Waals surface area contributed by atoms with Crippen LogP contribution in [0.3, 0.4) is 0 Å². The fourth-order valence-electron chi connectivity index (χ4n) is 5.24. The molecule has 0 aliphatic carbocycles. The number of aryl methyl sites for hydroxylation is 2. The fourth-order valence-corrected chi connectivity index (χ4v) is 5.70. The Morgan fingerprint density at radius 3 is 2.55 bits per heavy atom. The molecule has 38 heavy (non-hydrogen) atoms. The highest BCUT2D eigenvalue weighted by Crippen LogP contribution is 2.39. The normalized spacial score (nSPS) is 14.5. The molecule has 1 aliphatic heterocycles. The number of amides is 2.